The molecule has 0 N–H and O–H groups in total. The third-order valence-electron chi connectivity index (χ3n) is 4.88. The van der Waals surface area contributed by atoms with Gasteiger partial charge in [0.1, 0.15) is 5.82 Å². The Morgan fingerprint density at radius 3 is 2.55 bits per heavy atom. The molecule has 1 fully saturated rings. The van der Waals surface area contributed by atoms with Gasteiger partial charge in [-0.15, -0.1) is 0 Å². The SMILES string of the molecule is CC(C)c1ccc(/C=C/C(=O)c2ccc(N3CCOCC3)c(F)c2)cc1[N+](=O)[O-]. The number of allylic oxidation sites excluding steroid dienone is 1. The highest BCUT2D eigenvalue weighted by Crippen LogP contribution is 2.28. The molecule has 0 bridgehead atoms. The molecule has 1 heterocycles. The number of morpholine rings is 1. The molecule has 1 aliphatic rings. The zero-order valence-electron chi connectivity index (χ0n) is 16.4. The zero-order valence-corrected chi connectivity index (χ0v) is 16.4. The minimum Gasteiger partial charge on any atom is -0.378 e. The van der Waals surface area contributed by atoms with Gasteiger partial charge < -0.3 is 9.64 Å². The number of nitro benzene ring substituents is 1. The van der Waals surface area contributed by atoms with Crippen molar-refractivity contribution in [2.75, 3.05) is 31.2 Å². The summed E-state index contributed by atoms with van der Waals surface area (Å²) in [6, 6.07) is 9.29. The molecule has 152 valence electrons. The lowest BCUT2D eigenvalue weighted by Gasteiger charge is -2.29. The van der Waals surface area contributed by atoms with Gasteiger partial charge in [0.05, 0.1) is 23.8 Å². The Morgan fingerprint density at radius 1 is 1.21 bits per heavy atom. The van der Waals surface area contributed by atoms with E-state index in [1.54, 1.807) is 24.3 Å². The van der Waals surface area contributed by atoms with E-state index in [1.165, 1.54) is 24.3 Å². The summed E-state index contributed by atoms with van der Waals surface area (Å²) in [7, 11) is 0. The Morgan fingerprint density at radius 2 is 1.93 bits per heavy atom. The first-order valence-corrected chi connectivity index (χ1v) is 9.50. The monoisotopic (exact) mass is 398 g/mol. The first-order chi connectivity index (χ1) is 13.9. The van der Waals surface area contributed by atoms with Crippen LogP contribution in [0.1, 0.15) is 41.3 Å². The minimum atomic E-state index is -0.455. The first-order valence-electron chi connectivity index (χ1n) is 9.50. The summed E-state index contributed by atoms with van der Waals surface area (Å²) in [6.45, 7) is 6.08. The van der Waals surface area contributed by atoms with Crippen LogP contribution in [0, 0.1) is 15.9 Å². The number of ether oxygens (including phenoxy) is 1. The zero-order chi connectivity index (χ0) is 21.0. The molecule has 0 aromatic heterocycles. The van der Waals surface area contributed by atoms with Crippen molar-refractivity contribution in [3.8, 4) is 0 Å². The van der Waals surface area contributed by atoms with E-state index in [4.69, 9.17) is 4.74 Å². The van der Waals surface area contributed by atoms with Crippen LogP contribution < -0.4 is 4.90 Å². The van der Waals surface area contributed by atoms with E-state index in [9.17, 15) is 19.3 Å². The lowest BCUT2D eigenvalue weighted by atomic mass is 9.99. The van der Waals surface area contributed by atoms with Crippen molar-refractivity contribution in [2.24, 2.45) is 0 Å². The summed E-state index contributed by atoms with van der Waals surface area (Å²) in [6.07, 6.45) is 2.81. The van der Waals surface area contributed by atoms with Crippen molar-refractivity contribution in [1.29, 1.82) is 0 Å². The van der Waals surface area contributed by atoms with Gasteiger partial charge in [-0.05, 0) is 35.8 Å². The van der Waals surface area contributed by atoms with E-state index in [2.05, 4.69) is 0 Å². The minimum absolute atomic E-state index is 0.0167. The van der Waals surface area contributed by atoms with Gasteiger partial charge in [0, 0.05) is 30.3 Å². The summed E-state index contributed by atoms with van der Waals surface area (Å²) in [4.78, 5) is 25.2. The highest BCUT2D eigenvalue weighted by atomic mass is 19.1. The van der Waals surface area contributed by atoms with E-state index < -0.39 is 10.7 Å². The Labute approximate surface area is 168 Å². The molecule has 2 aromatic carbocycles. The molecule has 2 aromatic rings. The number of nitrogens with zero attached hydrogens (tertiary/aromatic N) is 2. The Kier molecular flexibility index (Phi) is 6.39. The fraction of sp³-hybridized carbons (Fsp3) is 0.318. The summed E-state index contributed by atoms with van der Waals surface area (Å²) < 4.78 is 19.8. The normalized spacial score (nSPS) is 14.6. The van der Waals surface area contributed by atoms with E-state index in [0.717, 1.165) is 0 Å². The topological polar surface area (TPSA) is 72.7 Å². The average molecular weight is 398 g/mol. The molecule has 0 saturated carbocycles. The Balaban J connectivity index is 1.77. The lowest BCUT2D eigenvalue weighted by Crippen LogP contribution is -2.36. The number of halogens is 1. The number of hydrogen-bond donors (Lipinski definition) is 0. The van der Waals surface area contributed by atoms with Crippen LogP contribution in [0.25, 0.3) is 6.08 Å². The largest absolute Gasteiger partial charge is 0.378 e. The molecule has 7 heteroatoms. The summed E-state index contributed by atoms with van der Waals surface area (Å²) in [5.74, 6) is -0.806. The summed E-state index contributed by atoms with van der Waals surface area (Å²) in [5, 5.41) is 11.3. The van der Waals surface area contributed by atoms with Crippen LogP contribution in [0.4, 0.5) is 15.8 Å². The van der Waals surface area contributed by atoms with Crippen molar-refractivity contribution in [2.45, 2.75) is 19.8 Å². The van der Waals surface area contributed by atoms with Gasteiger partial charge in [-0.1, -0.05) is 32.1 Å². The Bertz CT molecular complexity index is 950. The molecule has 0 unspecified atom stereocenters. The molecule has 1 saturated heterocycles. The van der Waals surface area contributed by atoms with Gasteiger partial charge in [0.15, 0.2) is 5.78 Å². The van der Waals surface area contributed by atoms with Gasteiger partial charge in [-0.25, -0.2) is 4.39 Å². The molecule has 0 spiro atoms. The molecule has 1 aliphatic heterocycles. The molecular weight excluding hydrogens is 375 g/mol. The number of ketones is 1. The predicted octanol–water partition coefficient (Wildman–Crippen LogP) is 4.59. The van der Waals surface area contributed by atoms with Crippen LogP contribution in [-0.4, -0.2) is 37.0 Å². The summed E-state index contributed by atoms with van der Waals surface area (Å²) >= 11 is 0. The highest BCUT2D eigenvalue weighted by Gasteiger charge is 2.18. The number of nitro groups is 1. The quantitative estimate of drug-likeness (QED) is 0.308. The second-order valence-corrected chi connectivity index (χ2v) is 7.19. The molecule has 0 radical (unpaired) electrons. The van der Waals surface area contributed by atoms with Crippen LogP contribution in [0.5, 0.6) is 0 Å². The number of rotatable bonds is 6. The van der Waals surface area contributed by atoms with Crippen molar-refractivity contribution in [3.63, 3.8) is 0 Å². The van der Waals surface area contributed by atoms with E-state index >= 15 is 0 Å². The van der Waals surface area contributed by atoms with Crippen LogP contribution in [0.3, 0.4) is 0 Å². The fourth-order valence-electron chi connectivity index (χ4n) is 3.30. The summed E-state index contributed by atoms with van der Waals surface area (Å²) in [5.41, 5.74) is 1.88. The lowest BCUT2D eigenvalue weighted by molar-refractivity contribution is -0.385. The van der Waals surface area contributed by atoms with Crippen molar-refractivity contribution < 1.29 is 18.8 Å². The number of hydrogen-bond acceptors (Lipinski definition) is 5. The maximum absolute atomic E-state index is 14.5. The number of carbonyl (C=O) groups is 1. The maximum atomic E-state index is 14.5. The van der Waals surface area contributed by atoms with Crippen molar-refractivity contribution in [1.82, 2.24) is 0 Å². The van der Waals surface area contributed by atoms with Gasteiger partial charge in [0.2, 0.25) is 0 Å². The van der Waals surface area contributed by atoms with E-state index in [-0.39, 0.29) is 23.0 Å². The van der Waals surface area contributed by atoms with E-state index in [0.29, 0.717) is 43.1 Å². The number of benzene rings is 2. The molecule has 6 nitrogen and oxygen atoms in total. The fourth-order valence-corrected chi connectivity index (χ4v) is 3.30. The maximum Gasteiger partial charge on any atom is 0.273 e. The molecule has 0 amide bonds. The number of carbonyl (C=O) groups excluding carboxylic acids is 1. The van der Waals surface area contributed by atoms with E-state index in [1.807, 2.05) is 18.7 Å². The number of anilines is 1. The third kappa shape index (κ3) is 4.86. The molecule has 0 aliphatic carbocycles. The third-order valence-corrected chi connectivity index (χ3v) is 4.88. The smallest absolute Gasteiger partial charge is 0.273 e. The first kappa shape index (κ1) is 20.7. The van der Waals surface area contributed by atoms with Gasteiger partial charge in [0.25, 0.3) is 5.69 Å². The van der Waals surface area contributed by atoms with Crippen LogP contribution >= 0.6 is 0 Å². The van der Waals surface area contributed by atoms with Crippen LogP contribution in [0.15, 0.2) is 42.5 Å². The van der Waals surface area contributed by atoms with Gasteiger partial charge >= 0.3 is 0 Å². The molecule has 0 atom stereocenters. The highest BCUT2D eigenvalue weighted by molar-refractivity contribution is 6.07. The predicted molar refractivity (Wildman–Crippen MR) is 110 cm³/mol. The molecule has 3 rings (SSSR count). The Hall–Kier alpha value is -3.06. The second-order valence-electron chi connectivity index (χ2n) is 7.19. The van der Waals surface area contributed by atoms with Gasteiger partial charge in [-0.3, -0.25) is 14.9 Å². The van der Waals surface area contributed by atoms with Gasteiger partial charge in [-0.2, -0.15) is 0 Å². The standard InChI is InChI=1S/C22H23FN2O4/c1-15(2)18-6-3-16(13-21(18)25(27)28)4-8-22(26)17-5-7-20(19(23)14-17)24-9-11-29-12-10-24/h3-8,13-15H,9-12H2,1-2H3/b8-4+. The van der Waals surface area contributed by atoms with Crippen LogP contribution in [-0.2, 0) is 4.74 Å². The van der Waals surface area contributed by atoms with Crippen LogP contribution in [0.2, 0.25) is 0 Å². The molecule has 29 heavy (non-hydrogen) atoms. The van der Waals surface area contributed by atoms with Crippen molar-refractivity contribution in [3.05, 3.63) is 75.1 Å². The molecular formula is C22H23FN2O4. The average Bonchev–Trinajstić information content (AvgIpc) is 2.72. The second kappa shape index (κ2) is 8.96. The van der Waals surface area contributed by atoms with Crippen molar-refractivity contribution >= 4 is 23.2 Å².